The molecule has 0 saturated heterocycles. The summed E-state index contributed by atoms with van der Waals surface area (Å²) < 4.78 is 74.0. The molecule has 1 atom stereocenters. The molecule has 1 aromatic carbocycles. The van der Waals surface area contributed by atoms with Gasteiger partial charge in [-0.2, -0.15) is 26.3 Å². The van der Waals surface area contributed by atoms with E-state index in [9.17, 15) is 31.4 Å². The van der Waals surface area contributed by atoms with Crippen LogP contribution in [0.2, 0.25) is 0 Å². The molecule has 1 unspecified atom stereocenters. The van der Waals surface area contributed by atoms with Crippen LogP contribution in [0.15, 0.2) is 30.3 Å². The van der Waals surface area contributed by atoms with Crippen LogP contribution >= 0.6 is 0 Å². The van der Waals surface area contributed by atoms with E-state index in [1.165, 1.54) is 0 Å². The number of aliphatic hydroxyl groups is 1. The highest BCUT2D eigenvalue weighted by atomic mass is 19.4. The first-order valence-electron chi connectivity index (χ1n) is 5.98. The Balaban J connectivity index is 2.57. The second kappa shape index (κ2) is 6.47. The summed E-state index contributed by atoms with van der Waals surface area (Å²) in [5.41, 5.74) is 0.801. The van der Waals surface area contributed by atoms with Crippen molar-refractivity contribution < 1.29 is 31.4 Å². The molecule has 0 spiro atoms. The van der Waals surface area contributed by atoms with Gasteiger partial charge in [-0.3, -0.25) is 0 Å². The maximum absolute atomic E-state index is 12.3. The predicted molar refractivity (Wildman–Crippen MR) is 61.0 cm³/mol. The molecule has 0 aliphatic heterocycles. The van der Waals surface area contributed by atoms with Gasteiger partial charge in [0, 0.05) is 0 Å². The van der Waals surface area contributed by atoms with E-state index in [0.29, 0.717) is 6.42 Å². The summed E-state index contributed by atoms with van der Waals surface area (Å²) in [6, 6.07) is 8.64. The van der Waals surface area contributed by atoms with Crippen LogP contribution in [0.1, 0.15) is 18.4 Å². The Morgan fingerprint density at radius 1 is 0.900 bits per heavy atom. The fourth-order valence-electron chi connectivity index (χ4n) is 1.95. The molecule has 0 aromatic heterocycles. The summed E-state index contributed by atoms with van der Waals surface area (Å²) in [5, 5.41) is 9.22. The minimum Gasteiger partial charge on any atom is -0.392 e. The second-order valence-corrected chi connectivity index (χ2v) is 4.51. The number of halogens is 6. The van der Waals surface area contributed by atoms with Crippen LogP contribution in [0.25, 0.3) is 0 Å². The van der Waals surface area contributed by atoms with Gasteiger partial charge in [0.25, 0.3) is 0 Å². The Hall–Kier alpha value is -1.24. The molecule has 0 radical (unpaired) electrons. The summed E-state index contributed by atoms with van der Waals surface area (Å²) in [5.74, 6) is -3.69. The van der Waals surface area contributed by atoms with Crippen molar-refractivity contribution >= 4 is 0 Å². The van der Waals surface area contributed by atoms with Crippen molar-refractivity contribution in [2.24, 2.45) is 5.92 Å². The van der Waals surface area contributed by atoms with Crippen molar-refractivity contribution in [3.05, 3.63) is 35.9 Å². The summed E-state index contributed by atoms with van der Waals surface area (Å²) in [6.45, 7) is 0. The van der Waals surface area contributed by atoms with Crippen LogP contribution in [0.3, 0.4) is 0 Å². The molecule has 0 amide bonds. The highest BCUT2D eigenvalue weighted by Gasteiger charge is 2.59. The van der Waals surface area contributed by atoms with Crippen molar-refractivity contribution in [3.8, 4) is 0 Å². The molecule has 0 aliphatic rings. The van der Waals surface area contributed by atoms with Gasteiger partial charge in [-0.1, -0.05) is 30.3 Å². The third kappa shape index (κ3) is 5.03. The normalized spacial score (nSPS) is 14.6. The van der Waals surface area contributed by atoms with Crippen molar-refractivity contribution in [1.29, 1.82) is 0 Å². The van der Waals surface area contributed by atoms with Gasteiger partial charge in [0.1, 0.15) is 0 Å². The first kappa shape index (κ1) is 16.8. The van der Waals surface area contributed by atoms with Crippen molar-refractivity contribution in [2.45, 2.75) is 37.7 Å². The van der Waals surface area contributed by atoms with E-state index < -0.39 is 30.8 Å². The Morgan fingerprint density at radius 2 is 1.40 bits per heavy atom. The molecule has 0 heterocycles. The van der Waals surface area contributed by atoms with Crippen LogP contribution in [0, 0.1) is 5.92 Å². The molecule has 0 aliphatic carbocycles. The van der Waals surface area contributed by atoms with E-state index >= 15 is 0 Å². The zero-order chi connectivity index (χ0) is 15.4. The average Bonchev–Trinajstić information content (AvgIpc) is 2.26. The van der Waals surface area contributed by atoms with Gasteiger partial charge in [0.2, 0.25) is 0 Å². The minimum absolute atomic E-state index is 0.0494. The average molecular weight is 300 g/mol. The first-order chi connectivity index (χ1) is 9.12. The zero-order valence-electron chi connectivity index (χ0n) is 10.4. The molecule has 0 bridgehead atoms. The molecule has 7 heteroatoms. The summed E-state index contributed by atoms with van der Waals surface area (Å²) >= 11 is 0. The maximum atomic E-state index is 12.3. The standard InChI is InChI=1S/C13H14F6O/c14-12(15,16)11(13(17,18)19)10(20)8-4-7-9-5-2-1-3-6-9/h1-3,5-6,10-11,20H,4,7-8H2. The second-order valence-electron chi connectivity index (χ2n) is 4.51. The third-order valence-corrected chi connectivity index (χ3v) is 2.90. The SMILES string of the molecule is OC(CCCc1ccccc1)C(C(F)(F)F)C(F)(F)F. The van der Waals surface area contributed by atoms with Gasteiger partial charge in [-0.15, -0.1) is 0 Å². The molecular formula is C13H14F6O. The lowest BCUT2D eigenvalue weighted by atomic mass is 9.95. The van der Waals surface area contributed by atoms with Crippen LogP contribution in [0.5, 0.6) is 0 Å². The van der Waals surface area contributed by atoms with Crippen molar-refractivity contribution in [1.82, 2.24) is 0 Å². The Morgan fingerprint density at radius 3 is 1.85 bits per heavy atom. The number of hydrogen-bond donors (Lipinski definition) is 1. The number of rotatable bonds is 5. The predicted octanol–water partition coefficient (Wildman–Crippen LogP) is 4.11. The monoisotopic (exact) mass is 300 g/mol. The number of alkyl halides is 6. The molecule has 0 saturated carbocycles. The highest BCUT2D eigenvalue weighted by molar-refractivity contribution is 5.14. The van der Waals surface area contributed by atoms with Gasteiger partial charge < -0.3 is 5.11 Å². The zero-order valence-corrected chi connectivity index (χ0v) is 10.4. The number of aryl methyl sites for hydroxylation is 1. The summed E-state index contributed by atoms with van der Waals surface area (Å²) in [7, 11) is 0. The Bertz CT molecular complexity index is 384. The van der Waals surface area contributed by atoms with Crippen LogP contribution in [-0.4, -0.2) is 23.6 Å². The fraction of sp³-hybridized carbons (Fsp3) is 0.538. The fourth-order valence-corrected chi connectivity index (χ4v) is 1.95. The lowest BCUT2D eigenvalue weighted by molar-refractivity contribution is -0.306. The lowest BCUT2D eigenvalue weighted by Gasteiger charge is -2.27. The van der Waals surface area contributed by atoms with E-state index in [-0.39, 0.29) is 6.42 Å². The summed E-state index contributed by atoms with van der Waals surface area (Å²) in [6.07, 6.45) is -13.7. The molecule has 0 fully saturated rings. The van der Waals surface area contributed by atoms with E-state index in [1.54, 1.807) is 30.3 Å². The van der Waals surface area contributed by atoms with Crippen LogP contribution < -0.4 is 0 Å². The third-order valence-electron chi connectivity index (χ3n) is 2.90. The minimum atomic E-state index is -5.50. The van der Waals surface area contributed by atoms with E-state index in [1.807, 2.05) is 0 Å². The lowest BCUT2D eigenvalue weighted by Crippen LogP contribution is -2.44. The van der Waals surface area contributed by atoms with Gasteiger partial charge in [-0.05, 0) is 24.8 Å². The molecule has 114 valence electrons. The topological polar surface area (TPSA) is 20.2 Å². The number of aliphatic hydroxyl groups excluding tert-OH is 1. The van der Waals surface area contributed by atoms with Gasteiger partial charge in [-0.25, -0.2) is 0 Å². The Kier molecular flexibility index (Phi) is 5.44. The molecule has 1 nitrogen and oxygen atoms in total. The van der Waals surface area contributed by atoms with Gasteiger partial charge in [0.15, 0.2) is 5.92 Å². The van der Waals surface area contributed by atoms with Crippen molar-refractivity contribution in [2.75, 3.05) is 0 Å². The maximum Gasteiger partial charge on any atom is 0.403 e. The smallest absolute Gasteiger partial charge is 0.392 e. The van der Waals surface area contributed by atoms with Gasteiger partial charge in [0.05, 0.1) is 6.10 Å². The molecular weight excluding hydrogens is 286 g/mol. The van der Waals surface area contributed by atoms with Crippen molar-refractivity contribution in [3.63, 3.8) is 0 Å². The Labute approximate surface area is 112 Å². The van der Waals surface area contributed by atoms with E-state index in [2.05, 4.69) is 0 Å². The van der Waals surface area contributed by atoms with E-state index in [0.717, 1.165) is 5.56 Å². The van der Waals surface area contributed by atoms with E-state index in [4.69, 9.17) is 0 Å². The largest absolute Gasteiger partial charge is 0.403 e. The quantitative estimate of drug-likeness (QED) is 0.811. The van der Waals surface area contributed by atoms with Gasteiger partial charge >= 0.3 is 12.4 Å². The first-order valence-corrected chi connectivity index (χ1v) is 5.98. The molecule has 1 rings (SSSR count). The summed E-state index contributed by atoms with van der Waals surface area (Å²) in [4.78, 5) is 0. The number of benzene rings is 1. The molecule has 1 aromatic rings. The van der Waals surface area contributed by atoms with Crippen LogP contribution in [-0.2, 0) is 6.42 Å². The highest BCUT2D eigenvalue weighted by Crippen LogP contribution is 2.42. The molecule has 20 heavy (non-hydrogen) atoms. The van der Waals surface area contributed by atoms with Crippen LogP contribution in [0.4, 0.5) is 26.3 Å². The molecule has 1 N–H and O–H groups in total. The number of hydrogen-bond acceptors (Lipinski definition) is 1.